The number of carbonyl (C=O) groups excluding carboxylic acids is 1. The van der Waals surface area contributed by atoms with Gasteiger partial charge in [0.15, 0.2) is 9.84 Å². The van der Waals surface area contributed by atoms with Crippen LogP contribution in [0.15, 0.2) is 59.5 Å². The average molecular weight is 484 g/mol. The Balaban J connectivity index is 1.78. The van der Waals surface area contributed by atoms with Gasteiger partial charge in [-0.2, -0.15) is 0 Å². The Bertz CT molecular complexity index is 1200. The minimum Gasteiger partial charge on any atom is -0.326 e. The van der Waals surface area contributed by atoms with Gasteiger partial charge in [0.2, 0.25) is 5.91 Å². The molecular weight excluding hydrogens is 467 g/mol. The molecule has 0 aromatic heterocycles. The summed E-state index contributed by atoms with van der Waals surface area (Å²) in [6.45, 7) is 1.55. The fourth-order valence-corrected chi connectivity index (χ4v) is 4.55. The molecule has 0 saturated carbocycles. The highest BCUT2D eigenvalue weighted by Gasteiger charge is 2.19. The van der Waals surface area contributed by atoms with E-state index < -0.39 is 27.4 Å². The lowest BCUT2D eigenvalue weighted by Gasteiger charge is -2.13. The lowest BCUT2D eigenvalue weighted by Crippen LogP contribution is -2.14. The molecule has 9 heteroatoms. The van der Waals surface area contributed by atoms with Crippen molar-refractivity contribution in [3.05, 3.63) is 81.8 Å². The molecule has 0 atom stereocenters. The van der Waals surface area contributed by atoms with E-state index in [2.05, 4.69) is 5.32 Å². The topological polar surface area (TPSA) is 63.2 Å². The van der Waals surface area contributed by atoms with Gasteiger partial charge in [-0.3, -0.25) is 4.79 Å². The highest BCUT2D eigenvalue weighted by atomic mass is 35.5. The summed E-state index contributed by atoms with van der Waals surface area (Å²) in [5.74, 6) is -2.03. The molecule has 3 aromatic rings. The third kappa shape index (κ3) is 5.23. The van der Waals surface area contributed by atoms with Crippen molar-refractivity contribution in [1.82, 2.24) is 0 Å². The third-order valence-electron chi connectivity index (χ3n) is 4.57. The van der Waals surface area contributed by atoms with Crippen molar-refractivity contribution in [2.75, 3.05) is 11.1 Å². The summed E-state index contributed by atoms with van der Waals surface area (Å²) in [6, 6.07) is 12.1. The van der Waals surface area contributed by atoms with E-state index in [1.54, 1.807) is 19.1 Å². The monoisotopic (exact) mass is 483 g/mol. The summed E-state index contributed by atoms with van der Waals surface area (Å²) in [5.41, 5.74) is 0.502. The lowest BCUT2D eigenvalue weighted by molar-refractivity contribution is -0.115. The van der Waals surface area contributed by atoms with Gasteiger partial charge in [-0.05, 0) is 42.0 Å². The second-order valence-electron chi connectivity index (χ2n) is 6.68. The Hall–Kier alpha value is -2.48. The second-order valence-corrected chi connectivity index (χ2v) is 9.78. The van der Waals surface area contributed by atoms with Crippen LogP contribution in [0.2, 0.25) is 10.0 Å². The highest BCUT2D eigenvalue weighted by molar-refractivity contribution is 7.91. The Kier molecular flexibility index (Phi) is 6.99. The molecule has 31 heavy (non-hydrogen) atoms. The van der Waals surface area contributed by atoms with Crippen LogP contribution in [0.4, 0.5) is 14.5 Å². The number of halogens is 4. The predicted octanol–water partition coefficient (Wildman–Crippen LogP) is 5.91. The molecule has 4 nitrogen and oxygen atoms in total. The summed E-state index contributed by atoms with van der Waals surface area (Å²) in [7, 11) is -3.32. The average Bonchev–Trinajstić information content (AvgIpc) is 2.70. The number of nitrogens with one attached hydrogen (secondary N) is 1. The van der Waals surface area contributed by atoms with Crippen LogP contribution in [0.3, 0.4) is 0 Å². The number of benzene rings is 3. The van der Waals surface area contributed by atoms with E-state index in [0.717, 1.165) is 12.1 Å². The van der Waals surface area contributed by atoms with Crippen LogP contribution in [0.1, 0.15) is 12.5 Å². The Morgan fingerprint density at radius 1 is 0.935 bits per heavy atom. The molecule has 0 aliphatic carbocycles. The molecule has 3 aromatic carbocycles. The summed E-state index contributed by atoms with van der Waals surface area (Å²) < 4.78 is 51.9. The van der Waals surface area contributed by atoms with E-state index in [1.807, 2.05) is 0 Å². The number of carbonyl (C=O) groups is 1. The van der Waals surface area contributed by atoms with Crippen LogP contribution in [0.5, 0.6) is 0 Å². The first kappa shape index (κ1) is 23.2. The van der Waals surface area contributed by atoms with E-state index in [1.165, 1.54) is 30.3 Å². The normalized spacial score (nSPS) is 11.4. The van der Waals surface area contributed by atoms with Crippen LogP contribution >= 0.6 is 23.2 Å². The number of rotatable bonds is 6. The highest BCUT2D eigenvalue weighted by Crippen LogP contribution is 2.39. The summed E-state index contributed by atoms with van der Waals surface area (Å²) >= 11 is 12.4. The van der Waals surface area contributed by atoms with Gasteiger partial charge in [-0.15, -0.1) is 0 Å². The Morgan fingerprint density at radius 2 is 1.48 bits per heavy atom. The smallest absolute Gasteiger partial charge is 0.228 e. The van der Waals surface area contributed by atoms with Crippen molar-refractivity contribution in [2.45, 2.75) is 18.2 Å². The molecule has 0 fully saturated rings. The minimum atomic E-state index is -3.32. The van der Waals surface area contributed by atoms with E-state index in [-0.39, 0.29) is 43.9 Å². The summed E-state index contributed by atoms with van der Waals surface area (Å²) in [5, 5.41) is 2.57. The number of anilines is 1. The van der Waals surface area contributed by atoms with Crippen molar-refractivity contribution in [3.8, 4) is 11.1 Å². The van der Waals surface area contributed by atoms with Gasteiger partial charge >= 0.3 is 0 Å². The molecule has 0 spiro atoms. The molecular formula is C22H17Cl2F2NO3S. The van der Waals surface area contributed by atoms with Crippen molar-refractivity contribution < 1.29 is 22.0 Å². The SMILES string of the molecule is CCS(=O)(=O)c1ccc(CC(=O)Nc2cc(Cl)c(-c3c(F)cccc3F)c(Cl)c2)cc1. The van der Waals surface area contributed by atoms with Gasteiger partial charge in [0.05, 0.1) is 32.7 Å². The van der Waals surface area contributed by atoms with Gasteiger partial charge in [0, 0.05) is 11.3 Å². The zero-order valence-corrected chi connectivity index (χ0v) is 18.6. The first-order valence-electron chi connectivity index (χ1n) is 9.17. The first-order chi connectivity index (χ1) is 14.6. The molecule has 0 aliphatic heterocycles. The van der Waals surface area contributed by atoms with Crippen LogP contribution in [-0.2, 0) is 21.1 Å². The molecule has 0 heterocycles. The maximum Gasteiger partial charge on any atom is 0.228 e. The quantitative estimate of drug-likeness (QED) is 0.473. The van der Waals surface area contributed by atoms with E-state index >= 15 is 0 Å². The molecule has 0 unspecified atom stereocenters. The van der Waals surface area contributed by atoms with Crippen LogP contribution < -0.4 is 5.32 Å². The van der Waals surface area contributed by atoms with Crippen LogP contribution in [0, 0.1) is 11.6 Å². The Labute approximate surface area is 188 Å². The fourth-order valence-electron chi connectivity index (χ4n) is 2.99. The summed E-state index contributed by atoms with van der Waals surface area (Å²) in [4.78, 5) is 12.6. The number of sulfone groups is 1. The first-order valence-corrected chi connectivity index (χ1v) is 11.6. The number of amides is 1. The number of hydrogen-bond acceptors (Lipinski definition) is 3. The van der Waals surface area contributed by atoms with E-state index in [9.17, 15) is 22.0 Å². The van der Waals surface area contributed by atoms with Crippen molar-refractivity contribution in [2.24, 2.45) is 0 Å². The van der Waals surface area contributed by atoms with Crippen LogP contribution in [0.25, 0.3) is 11.1 Å². The minimum absolute atomic E-state index is 0.00958. The standard InChI is InChI=1S/C22H17Cl2F2NO3S/c1-2-31(29,30)15-8-6-13(7-9-15)10-20(28)27-14-11-16(23)21(17(24)12-14)22-18(25)4-3-5-19(22)26/h3-9,11-12H,2,10H2,1H3,(H,27,28). The van der Waals surface area contributed by atoms with Gasteiger partial charge in [0.1, 0.15) is 11.6 Å². The molecule has 0 saturated heterocycles. The van der Waals surface area contributed by atoms with Crippen LogP contribution in [-0.4, -0.2) is 20.1 Å². The van der Waals surface area contributed by atoms with E-state index in [4.69, 9.17) is 23.2 Å². The second kappa shape index (κ2) is 9.34. The molecule has 162 valence electrons. The van der Waals surface area contributed by atoms with Gasteiger partial charge < -0.3 is 5.32 Å². The van der Waals surface area contributed by atoms with E-state index in [0.29, 0.717) is 5.56 Å². The third-order valence-corrected chi connectivity index (χ3v) is 6.91. The maximum absolute atomic E-state index is 14.1. The van der Waals surface area contributed by atoms with Crippen molar-refractivity contribution in [1.29, 1.82) is 0 Å². The van der Waals surface area contributed by atoms with Gasteiger partial charge in [0.25, 0.3) is 0 Å². The van der Waals surface area contributed by atoms with Crippen molar-refractivity contribution >= 4 is 44.6 Å². The zero-order chi connectivity index (χ0) is 22.8. The molecule has 0 aliphatic rings. The Morgan fingerprint density at radius 3 is 2.00 bits per heavy atom. The molecule has 0 radical (unpaired) electrons. The fraction of sp³-hybridized carbons (Fsp3) is 0.136. The molecule has 1 amide bonds. The number of hydrogen-bond donors (Lipinski definition) is 1. The van der Waals surface area contributed by atoms with Gasteiger partial charge in [-0.25, -0.2) is 17.2 Å². The zero-order valence-electron chi connectivity index (χ0n) is 16.3. The predicted molar refractivity (Wildman–Crippen MR) is 118 cm³/mol. The van der Waals surface area contributed by atoms with Gasteiger partial charge in [-0.1, -0.05) is 48.3 Å². The molecule has 1 N–H and O–H groups in total. The largest absolute Gasteiger partial charge is 0.326 e. The van der Waals surface area contributed by atoms with Crippen molar-refractivity contribution in [3.63, 3.8) is 0 Å². The maximum atomic E-state index is 14.1. The molecule has 0 bridgehead atoms. The summed E-state index contributed by atoms with van der Waals surface area (Å²) in [6.07, 6.45) is -0.0224. The lowest BCUT2D eigenvalue weighted by atomic mass is 10.0. The molecule has 3 rings (SSSR count).